The highest BCUT2D eigenvalue weighted by Gasteiger charge is 2.25. The molecule has 1 N–H and O–H groups in total. The molecule has 0 amide bonds. The number of aromatic nitrogens is 1. The topological polar surface area (TPSA) is 45.5 Å². The van der Waals surface area contributed by atoms with Crippen LogP contribution >= 0.6 is 0 Å². The Morgan fingerprint density at radius 3 is 2.62 bits per heavy atom. The summed E-state index contributed by atoms with van der Waals surface area (Å²) >= 11 is 0. The smallest absolute Gasteiger partial charge is 0.338 e. The van der Waals surface area contributed by atoms with E-state index < -0.39 is 5.97 Å². The maximum absolute atomic E-state index is 11.8. The SMILES string of the molecule is CCCCN1CCC(Cc2c(C(=O)O)c3ccccc3n2C)CC1. The van der Waals surface area contributed by atoms with Crippen LogP contribution in [0.15, 0.2) is 24.3 Å². The summed E-state index contributed by atoms with van der Waals surface area (Å²) in [5, 5.41) is 10.6. The van der Waals surface area contributed by atoms with Crippen molar-refractivity contribution in [2.45, 2.75) is 39.0 Å². The highest BCUT2D eigenvalue weighted by atomic mass is 16.4. The van der Waals surface area contributed by atoms with Gasteiger partial charge in [-0.05, 0) is 57.3 Å². The number of nitrogens with zero attached hydrogens (tertiary/aromatic N) is 2. The molecule has 0 atom stereocenters. The summed E-state index contributed by atoms with van der Waals surface area (Å²) in [5.41, 5.74) is 2.50. The van der Waals surface area contributed by atoms with E-state index in [0.717, 1.165) is 36.1 Å². The number of aryl methyl sites for hydroxylation is 1. The van der Waals surface area contributed by atoms with Gasteiger partial charge in [0.15, 0.2) is 0 Å². The third kappa shape index (κ3) is 3.34. The average Bonchev–Trinajstić information content (AvgIpc) is 2.87. The van der Waals surface area contributed by atoms with E-state index in [9.17, 15) is 9.90 Å². The van der Waals surface area contributed by atoms with Crippen LogP contribution in [0.3, 0.4) is 0 Å². The summed E-state index contributed by atoms with van der Waals surface area (Å²) in [6.45, 7) is 5.74. The van der Waals surface area contributed by atoms with E-state index in [2.05, 4.69) is 16.4 Å². The van der Waals surface area contributed by atoms with Gasteiger partial charge in [0.2, 0.25) is 0 Å². The monoisotopic (exact) mass is 328 g/mol. The first-order valence-electron chi connectivity index (χ1n) is 9.13. The van der Waals surface area contributed by atoms with Crippen LogP contribution in [0.4, 0.5) is 0 Å². The van der Waals surface area contributed by atoms with Crippen molar-refractivity contribution in [3.63, 3.8) is 0 Å². The van der Waals surface area contributed by atoms with Gasteiger partial charge in [0.25, 0.3) is 0 Å². The Labute approximate surface area is 144 Å². The number of benzene rings is 1. The van der Waals surface area contributed by atoms with Gasteiger partial charge in [-0.1, -0.05) is 31.5 Å². The van der Waals surface area contributed by atoms with Crippen LogP contribution in [-0.4, -0.2) is 40.2 Å². The Hall–Kier alpha value is -1.81. The summed E-state index contributed by atoms with van der Waals surface area (Å²) in [7, 11) is 2.00. The van der Waals surface area contributed by atoms with Gasteiger partial charge < -0.3 is 14.6 Å². The molecule has 24 heavy (non-hydrogen) atoms. The minimum Gasteiger partial charge on any atom is -0.478 e. The van der Waals surface area contributed by atoms with Crippen molar-refractivity contribution in [3.8, 4) is 0 Å². The van der Waals surface area contributed by atoms with Gasteiger partial charge in [-0.25, -0.2) is 4.79 Å². The third-order valence-electron chi connectivity index (χ3n) is 5.46. The molecule has 3 rings (SSSR count). The van der Waals surface area contributed by atoms with Gasteiger partial charge in [0.1, 0.15) is 0 Å². The number of piperidine rings is 1. The highest BCUT2D eigenvalue weighted by molar-refractivity contribution is 6.05. The number of aromatic carboxylic acids is 1. The molecule has 1 aromatic heterocycles. The van der Waals surface area contributed by atoms with Crippen molar-refractivity contribution < 1.29 is 9.90 Å². The molecule has 2 aromatic rings. The molecule has 0 spiro atoms. The van der Waals surface area contributed by atoms with Crippen molar-refractivity contribution >= 4 is 16.9 Å². The second-order valence-electron chi connectivity index (χ2n) is 7.05. The summed E-state index contributed by atoms with van der Waals surface area (Å²) in [4.78, 5) is 14.4. The number of hydrogen-bond acceptors (Lipinski definition) is 2. The van der Waals surface area contributed by atoms with Crippen molar-refractivity contribution in [1.29, 1.82) is 0 Å². The van der Waals surface area contributed by atoms with E-state index in [0.29, 0.717) is 11.5 Å². The number of carboxylic acids is 1. The lowest BCUT2D eigenvalue weighted by molar-refractivity contribution is 0.0697. The fraction of sp³-hybridized carbons (Fsp3) is 0.550. The molecular weight excluding hydrogens is 300 g/mol. The van der Waals surface area contributed by atoms with Crippen LogP contribution in [0.2, 0.25) is 0 Å². The molecule has 4 nitrogen and oxygen atoms in total. The first kappa shape index (κ1) is 17.0. The molecule has 0 saturated carbocycles. The summed E-state index contributed by atoms with van der Waals surface area (Å²) in [5.74, 6) is -0.217. The minimum absolute atomic E-state index is 0.501. The van der Waals surface area contributed by atoms with Crippen molar-refractivity contribution in [1.82, 2.24) is 9.47 Å². The maximum Gasteiger partial charge on any atom is 0.338 e. The van der Waals surface area contributed by atoms with Crippen LogP contribution in [-0.2, 0) is 13.5 Å². The molecule has 1 saturated heterocycles. The van der Waals surface area contributed by atoms with Gasteiger partial charge in [0.05, 0.1) is 5.56 Å². The third-order valence-corrected chi connectivity index (χ3v) is 5.46. The second kappa shape index (κ2) is 7.39. The molecular formula is C20H28N2O2. The normalized spacial score (nSPS) is 16.8. The van der Waals surface area contributed by atoms with E-state index in [4.69, 9.17) is 0 Å². The molecule has 1 aliphatic heterocycles. The van der Waals surface area contributed by atoms with E-state index in [1.165, 1.54) is 32.2 Å². The Morgan fingerprint density at radius 1 is 1.25 bits per heavy atom. The number of unbranched alkanes of at least 4 members (excludes halogenated alkanes) is 1. The van der Waals surface area contributed by atoms with Gasteiger partial charge in [-0.3, -0.25) is 0 Å². The molecule has 2 heterocycles. The Morgan fingerprint density at radius 2 is 1.96 bits per heavy atom. The molecule has 1 fully saturated rings. The number of likely N-dealkylation sites (tertiary alicyclic amines) is 1. The number of carbonyl (C=O) groups is 1. The first-order chi connectivity index (χ1) is 11.6. The van der Waals surface area contributed by atoms with Gasteiger partial charge in [-0.2, -0.15) is 0 Å². The minimum atomic E-state index is -0.804. The molecule has 0 radical (unpaired) electrons. The zero-order valence-corrected chi connectivity index (χ0v) is 14.8. The zero-order valence-electron chi connectivity index (χ0n) is 14.8. The van der Waals surface area contributed by atoms with E-state index >= 15 is 0 Å². The summed E-state index contributed by atoms with van der Waals surface area (Å²) in [6.07, 6.45) is 5.73. The van der Waals surface area contributed by atoms with E-state index in [1.54, 1.807) is 0 Å². The first-order valence-corrected chi connectivity index (χ1v) is 9.13. The summed E-state index contributed by atoms with van der Waals surface area (Å²) in [6, 6.07) is 7.84. The van der Waals surface area contributed by atoms with Gasteiger partial charge in [-0.15, -0.1) is 0 Å². The number of hydrogen-bond donors (Lipinski definition) is 1. The molecule has 0 bridgehead atoms. The fourth-order valence-corrected chi connectivity index (χ4v) is 3.99. The Balaban J connectivity index is 1.77. The zero-order chi connectivity index (χ0) is 17.1. The van der Waals surface area contributed by atoms with Gasteiger partial charge in [0, 0.05) is 23.6 Å². The predicted molar refractivity (Wildman–Crippen MR) is 97.7 cm³/mol. The number of rotatable bonds is 6. The Bertz CT molecular complexity index is 712. The molecule has 1 aromatic carbocycles. The van der Waals surface area contributed by atoms with Crippen LogP contribution in [0, 0.1) is 5.92 Å². The lowest BCUT2D eigenvalue weighted by Crippen LogP contribution is -2.35. The number of fused-ring (bicyclic) bond motifs is 1. The largest absolute Gasteiger partial charge is 0.478 e. The second-order valence-corrected chi connectivity index (χ2v) is 7.05. The van der Waals surface area contributed by atoms with Crippen LogP contribution in [0.25, 0.3) is 10.9 Å². The average molecular weight is 328 g/mol. The van der Waals surface area contributed by atoms with Crippen LogP contribution < -0.4 is 0 Å². The summed E-state index contributed by atoms with van der Waals surface area (Å²) < 4.78 is 2.09. The number of para-hydroxylation sites is 1. The van der Waals surface area contributed by atoms with Crippen molar-refractivity contribution in [3.05, 3.63) is 35.5 Å². The lowest BCUT2D eigenvalue weighted by Gasteiger charge is -2.32. The molecule has 1 aliphatic rings. The Kier molecular flexibility index (Phi) is 5.24. The van der Waals surface area contributed by atoms with E-state index in [1.807, 2.05) is 31.3 Å². The van der Waals surface area contributed by atoms with Crippen molar-refractivity contribution in [2.75, 3.05) is 19.6 Å². The fourth-order valence-electron chi connectivity index (χ4n) is 3.99. The number of carboxylic acid groups (broad SMARTS) is 1. The van der Waals surface area contributed by atoms with Crippen LogP contribution in [0.5, 0.6) is 0 Å². The highest BCUT2D eigenvalue weighted by Crippen LogP contribution is 2.30. The quantitative estimate of drug-likeness (QED) is 0.874. The van der Waals surface area contributed by atoms with Crippen molar-refractivity contribution in [2.24, 2.45) is 13.0 Å². The van der Waals surface area contributed by atoms with E-state index in [-0.39, 0.29) is 0 Å². The molecule has 0 aliphatic carbocycles. The maximum atomic E-state index is 11.8. The molecule has 130 valence electrons. The van der Waals surface area contributed by atoms with Crippen LogP contribution in [0.1, 0.15) is 48.7 Å². The van der Waals surface area contributed by atoms with Gasteiger partial charge >= 0.3 is 5.97 Å². The molecule has 0 unspecified atom stereocenters. The lowest BCUT2D eigenvalue weighted by atomic mass is 9.90. The standard InChI is InChI=1S/C20H28N2O2/c1-3-4-11-22-12-9-15(10-13-22)14-18-19(20(23)24)16-7-5-6-8-17(16)21(18)2/h5-8,15H,3-4,9-14H2,1-2H3,(H,23,24). The molecule has 4 heteroatoms. The predicted octanol–water partition coefficient (Wildman–Crippen LogP) is 3.93.